The summed E-state index contributed by atoms with van der Waals surface area (Å²) >= 11 is 0. The van der Waals surface area contributed by atoms with Crippen molar-refractivity contribution in [3.05, 3.63) is 0 Å². The van der Waals surface area contributed by atoms with Gasteiger partial charge < -0.3 is 18.6 Å². The molecule has 0 aromatic rings. The summed E-state index contributed by atoms with van der Waals surface area (Å²) in [5.41, 5.74) is 0. The maximum Gasteiger partial charge on any atom is 1.00 e. The Morgan fingerprint density at radius 1 is 1.43 bits per heavy atom. The topological polar surface area (TPSA) is 37.3 Å². The summed E-state index contributed by atoms with van der Waals surface area (Å²) in [4.78, 5) is 9.00. The van der Waals surface area contributed by atoms with E-state index in [4.69, 9.17) is 9.90 Å². The Hall–Kier alpha value is 1.82. The number of carbonyl (C=O) groups is 1. The Kier molecular flexibility index (Phi) is 51.9. The first-order chi connectivity index (χ1) is 1.73. The molecule has 0 rings (SSSR count). The number of carboxylic acid groups (broad SMARTS) is 1. The number of hydrogen-bond donors (Lipinski definition) is 1. The van der Waals surface area contributed by atoms with Crippen LogP contribution in [0.15, 0.2) is 0 Å². The van der Waals surface area contributed by atoms with Crippen molar-refractivity contribution < 1.29 is 69.0 Å². The molecule has 0 aliphatic heterocycles. The second kappa shape index (κ2) is 15.7. The maximum atomic E-state index is 9.00. The van der Waals surface area contributed by atoms with Crippen LogP contribution in [-0.2, 0) is 18.3 Å². The maximum absolute atomic E-state index is 9.00. The molecule has 0 atom stereocenters. The first-order valence-electron chi connectivity index (χ1n) is 0.928. The molecule has 0 unspecified atom stereocenters. The van der Waals surface area contributed by atoms with Gasteiger partial charge in [-0.2, -0.15) is 0 Å². The van der Waals surface area contributed by atoms with E-state index in [9.17, 15) is 0 Å². The van der Waals surface area contributed by atoms with Gasteiger partial charge in [0.05, 0.1) is 0 Å². The van der Waals surface area contributed by atoms with E-state index >= 15 is 0 Å². The van der Waals surface area contributed by atoms with E-state index in [1.807, 2.05) is 0 Å². The molecule has 0 aliphatic rings. The third-order valence-corrected chi connectivity index (χ3v) is 0. The molecule has 0 heterocycles. The minimum atomic E-state index is -0.833. The zero-order chi connectivity index (χ0) is 3.58. The summed E-state index contributed by atoms with van der Waals surface area (Å²) < 4.78 is 0. The molecule has 7 heavy (non-hydrogen) atoms. The Morgan fingerprint density at radius 2 is 1.43 bits per heavy atom. The van der Waals surface area contributed by atoms with Crippen molar-refractivity contribution in [3.63, 3.8) is 0 Å². The van der Waals surface area contributed by atoms with Crippen molar-refractivity contribution in [2.45, 2.75) is 6.92 Å². The monoisotopic (exact) mass is 138 g/mol. The molecule has 2 nitrogen and oxygen atoms in total. The van der Waals surface area contributed by atoms with Crippen LogP contribution in [-0.4, -0.2) is 11.1 Å². The van der Waals surface area contributed by atoms with Gasteiger partial charge >= 0.3 is 59.1 Å². The Labute approximate surface area is 94.1 Å². The standard InChI is InChI=1S/C2H4O2.2Na.S/c1-2(3)4;;;/h1H3,(H,3,4);;;/q;2*+1;-2. The molecule has 0 saturated carbocycles. The Bertz CT molecular complexity index is 36.7. The fourth-order valence-electron chi connectivity index (χ4n) is 0. The van der Waals surface area contributed by atoms with Crippen LogP contribution in [0.1, 0.15) is 6.92 Å². The van der Waals surface area contributed by atoms with Gasteiger partial charge in [0.15, 0.2) is 0 Å². The van der Waals surface area contributed by atoms with Gasteiger partial charge in [0, 0.05) is 6.92 Å². The van der Waals surface area contributed by atoms with Crippen LogP contribution < -0.4 is 59.1 Å². The Balaban J connectivity index is -0.0000000150. The zero-order valence-corrected chi connectivity index (χ0v) is 9.58. The van der Waals surface area contributed by atoms with Crippen molar-refractivity contribution >= 4 is 19.5 Å². The number of rotatable bonds is 0. The number of aliphatic carboxylic acids is 1. The molecule has 0 spiro atoms. The van der Waals surface area contributed by atoms with E-state index in [1.165, 1.54) is 0 Å². The normalized spacial score (nSPS) is 3.57. The van der Waals surface area contributed by atoms with Gasteiger partial charge in [-0.15, -0.1) is 0 Å². The minimum absolute atomic E-state index is 0. The molecule has 5 heteroatoms. The molecule has 0 radical (unpaired) electrons. The van der Waals surface area contributed by atoms with Crippen LogP contribution in [0.5, 0.6) is 0 Å². The van der Waals surface area contributed by atoms with E-state index < -0.39 is 5.97 Å². The zero-order valence-electron chi connectivity index (χ0n) is 4.76. The fraction of sp³-hybridized carbons (Fsp3) is 0.500. The third kappa shape index (κ3) is 80.0. The predicted molar refractivity (Wildman–Crippen MR) is 20.7 cm³/mol. The van der Waals surface area contributed by atoms with E-state index in [1.54, 1.807) is 0 Å². The van der Waals surface area contributed by atoms with Gasteiger partial charge in [-0.25, -0.2) is 0 Å². The summed E-state index contributed by atoms with van der Waals surface area (Å²) in [5, 5.41) is 7.42. The van der Waals surface area contributed by atoms with Gasteiger partial charge in [-0.1, -0.05) is 0 Å². The number of hydrogen-bond acceptors (Lipinski definition) is 1. The van der Waals surface area contributed by atoms with Crippen LogP contribution in [0.2, 0.25) is 0 Å². The second-order valence-corrected chi connectivity index (χ2v) is 0.519. The second-order valence-electron chi connectivity index (χ2n) is 0.519. The molecule has 0 aromatic heterocycles. The van der Waals surface area contributed by atoms with Crippen molar-refractivity contribution in [2.24, 2.45) is 0 Å². The summed E-state index contributed by atoms with van der Waals surface area (Å²) in [5.74, 6) is -0.833. The van der Waals surface area contributed by atoms with Crippen LogP contribution in [0, 0.1) is 0 Å². The van der Waals surface area contributed by atoms with Gasteiger partial charge in [-0.3, -0.25) is 4.79 Å². The molecule has 0 bridgehead atoms. The van der Waals surface area contributed by atoms with Crippen molar-refractivity contribution in [2.75, 3.05) is 0 Å². The largest absolute Gasteiger partial charge is 2.00 e. The average Bonchev–Trinajstić information content (AvgIpc) is 0.811. The van der Waals surface area contributed by atoms with Gasteiger partial charge in [0.25, 0.3) is 5.97 Å². The van der Waals surface area contributed by atoms with Gasteiger partial charge in [-0.05, 0) is 0 Å². The van der Waals surface area contributed by atoms with Gasteiger partial charge in [0.2, 0.25) is 0 Å². The van der Waals surface area contributed by atoms with E-state index in [2.05, 4.69) is 0 Å². The van der Waals surface area contributed by atoms with Crippen molar-refractivity contribution in [1.29, 1.82) is 0 Å². The van der Waals surface area contributed by atoms with E-state index in [-0.39, 0.29) is 72.6 Å². The Morgan fingerprint density at radius 3 is 1.43 bits per heavy atom. The first-order valence-corrected chi connectivity index (χ1v) is 0.928. The first kappa shape index (κ1) is 23.2. The van der Waals surface area contributed by atoms with E-state index in [0.717, 1.165) is 6.92 Å². The van der Waals surface area contributed by atoms with Crippen molar-refractivity contribution in [1.82, 2.24) is 0 Å². The summed E-state index contributed by atoms with van der Waals surface area (Å²) in [7, 11) is 0. The summed E-state index contributed by atoms with van der Waals surface area (Å²) in [6.07, 6.45) is 0. The molecule has 1 N–H and O–H groups in total. The summed E-state index contributed by atoms with van der Waals surface area (Å²) in [6, 6.07) is 0. The average molecular weight is 138 g/mol. The molecule has 0 aromatic carbocycles. The smallest absolute Gasteiger partial charge is 1.00 e. The van der Waals surface area contributed by atoms with Crippen LogP contribution in [0.3, 0.4) is 0 Å². The molecule has 0 saturated heterocycles. The molecule has 32 valence electrons. The van der Waals surface area contributed by atoms with E-state index in [0.29, 0.717) is 0 Å². The van der Waals surface area contributed by atoms with Crippen LogP contribution >= 0.6 is 0 Å². The minimum Gasteiger partial charge on any atom is -2.00 e. The quantitative estimate of drug-likeness (QED) is 0.338. The molecular formula is C2H4Na2O2S. The van der Waals surface area contributed by atoms with Crippen LogP contribution in [0.4, 0.5) is 0 Å². The number of carboxylic acids is 1. The summed E-state index contributed by atoms with van der Waals surface area (Å²) in [6.45, 7) is 1.08. The molecule has 0 amide bonds. The SMILES string of the molecule is CC(=O)O.[Na+].[Na+].[S-2]. The molecular weight excluding hydrogens is 134 g/mol. The predicted octanol–water partition coefficient (Wildman–Crippen LogP) is -5.90. The van der Waals surface area contributed by atoms with Gasteiger partial charge in [0.1, 0.15) is 0 Å². The van der Waals surface area contributed by atoms with Crippen molar-refractivity contribution in [3.8, 4) is 0 Å². The third-order valence-electron chi connectivity index (χ3n) is 0. The molecule has 0 aliphatic carbocycles. The van der Waals surface area contributed by atoms with Crippen LogP contribution in [0.25, 0.3) is 0 Å². The fourth-order valence-corrected chi connectivity index (χ4v) is 0. The molecule has 0 fully saturated rings.